The van der Waals surface area contributed by atoms with Crippen molar-refractivity contribution in [3.05, 3.63) is 41.7 Å². The molecule has 1 amide bonds. The summed E-state index contributed by atoms with van der Waals surface area (Å²) in [6.45, 7) is 0.390. The normalized spacial score (nSPS) is 11.3. The fourth-order valence-electron chi connectivity index (χ4n) is 2.96. The van der Waals surface area contributed by atoms with Crippen molar-refractivity contribution >= 4 is 46.8 Å². The van der Waals surface area contributed by atoms with Crippen molar-refractivity contribution in [3.63, 3.8) is 0 Å². The Labute approximate surface area is 199 Å². The monoisotopic (exact) mass is 496 g/mol. The Hall–Kier alpha value is -3.84. The van der Waals surface area contributed by atoms with Gasteiger partial charge in [-0.05, 0) is 30.7 Å². The molecular weight excluding hydrogens is 475 g/mol. The molecule has 0 aliphatic carbocycles. The summed E-state index contributed by atoms with van der Waals surface area (Å²) in [5, 5.41) is 11.6. The second-order valence-electron chi connectivity index (χ2n) is 6.95. The Morgan fingerprint density at radius 1 is 1.18 bits per heavy atom. The summed E-state index contributed by atoms with van der Waals surface area (Å²) >= 11 is 0. The van der Waals surface area contributed by atoms with Crippen LogP contribution < -0.4 is 21.7 Å². The molecule has 33 heavy (non-hydrogen) atoms. The smallest absolute Gasteiger partial charge is 0.542 e. The van der Waals surface area contributed by atoms with E-state index in [4.69, 9.17) is 16.6 Å². The summed E-state index contributed by atoms with van der Waals surface area (Å²) in [4.78, 5) is 52.3. The van der Waals surface area contributed by atoms with Gasteiger partial charge in [0.2, 0.25) is 5.95 Å². The van der Waals surface area contributed by atoms with E-state index in [1.807, 2.05) is 11.9 Å². The minimum absolute atomic E-state index is 0. The van der Waals surface area contributed by atoms with Crippen LogP contribution in [0.1, 0.15) is 28.9 Å². The number of carboxylic acid groups (broad SMARTS) is 1. The first-order valence-corrected chi connectivity index (χ1v) is 9.53. The van der Waals surface area contributed by atoms with E-state index in [1.165, 1.54) is 0 Å². The summed E-state index contributed by atoms with van der Waals surface area (Å²) in [7, 11) is 1.83. The van der Waals surface area contributed by atoms with Crippen molar-refractivity contribution in [1.82, 2.24) is 25.3 Å². The second kappa shape index (κ2) is 11.1. The maximum Gasteiger partial charge on any atom is 2.00 e. The van der Waals surface area contributed by atoms with Crippen LogP contribution in [0.3, 0.4) is 0 Å². The number of nitrogen functional groups attached to an aromatic ring is 2. The van der Waals surface area contributed by atoms with Gasteiger partial charge in [0.25, 0.3) is 5.91 Å². The molecule has 12 nitrogen and oxygen atoms in total. The third kappa shape index (κ3) is 6.33. The van der Waals surface area contributed by atoms with E-state index < -0.39 is 17.9 Å². The number of nitrogens with two attached hydrogens (primary N) is 2. The molecule has 6 N–H and O–H groups in total. The van der Waals surface area contributed by atoms with Crippen molar-refractivity contribution < 1.29 is 36.3 Å². The molecule has 1 radical (unpaired) electrons. The molecule has 3 rings (SSSR count). The second-order valence-corrected chi connectivity index (χ2v) is 6.95. The van der Waals surface area contributed by atoms with Crippen molar-refractivity contribution in [2.45, 2.75) is 25.4 Å². The minimum Gasteiger partial charge on any atom is -0.542 e. The fraction of sp³-hybridized carbons (Fsp3) is 0.250. The van der Waals surface area contributed by atoms with Crippen LogP contribution in [0.15, 0.2) is 30.5 Å². The van der Waals surface area contributed by atoms with Gasteiger partial charge >= 0.3 is 22.7 Å². The van der Waals surface area contributed by atoms with E-state index in [0.29, 0.717) is 23.4 Å². The molecule has 1 aromatic carbocycles. The quantitative estimate of drug-likeness (QED) is 0.298. The maximum atomic E-state index is 12.3. The molecule has 0 bridgehead atoms. The number of hydrogen-bond acceptors (Lipinski definition) is 10. The van der Waals surface area contributed by atoms with Gasteiger partial charge in [-0.2, -0.15) is 9.97 Å². The van der Waals surface area contributed by atoms with Crippen molar-refractivity contribution in [1.29, 1.82) is 0 Å². The Bertz CT molecular complexity index is 1160. The number of aliphatic carboxylic acids is 1. The molecule has 0 aliphatic heterocycles. The zero-order valence-corrected chi connectivity index (χ0v) is 18.5. The number of carbonyl (C=O) groups is 2. The van der Waals surface area contributed by atoms with E-state index in [2.05, 4.69) is 25.3 Å². The Balaban J connectivity index is 0.00000385. The first-order chi connectivity index (χ1) is 15.3. The van der Waals surface area contributed by atoms with Gasteiger partial charge in [0, 0.05) is 18.3 Å². The van der Waals surface area contributed by atoms with Crippen LogP contribution in [0.2, 0.25) is 0 Å². The van der Waals surface area contributed by atoms with Gasteiger partial charge in [-0.15, -0.1) is 6.42 Å². The topological polar surface area (TPSA) is 190 Å². The molecule has 0 saturated heterocycles. The van der Waals surface area contributed by atoms with Crippen LogP contribution in [0, 0.1) is 0 Å². The van der Waals surface area contributed by atoms with Crippen LogP contribution in [0.5, 0.6) is 0 Å². The standard InChI is InChI=1S/C20H21N8O4.Co/c1-28(10-12-9-23-17-15(24-12)16(21)26-20(22)27-17)13-6-4-11(5-7-13)18(30)25-14(19(31)32)3-2-8-29;/h4-7,9,14H,2-3,10H2,1H3,(H,25,30)(H,31,32)(H4,21,22,23,26,27);/q-1;+2. The molecule has 0 saturated carbocycles. The van der Waals surface area contributed by atoms with Crippen LogP contribution in [-0.4, -0.2) is 56.3 Å². The number of carbonyl (C=O) groups excluding carboxylic acids is 2. The Morgan fingerprint density at radius 3 is 2.52 bits per heavy atom. The third-order valence-electron chi connectivity index (χ3n) is 4.61. The number of fused-ring (bicyclic) bond motifs is 1. The van der Waals surface area contributed by atoms with Crippen LogP contribution in [-0.2, 0) is 32.9 Å². The van der Waals surface area contributed by atoms with E-state index in [0.717, 1.165) is 5.69 Å². The van der Waals surface area contributed by atoms with Gasteiger partial charge < -0.3 is 31.6 Å². The molecule has 13 heteroatoms. The maximum absolute atomic E-state index is 12.3. The molecule has 173 valence electrons. The number of rotatable bonds is 9. The predicted octanol–water partition coefficient (Wildman–Crippen LogP) is 0.291. The summed E-state index contributed by atoms with van der Waals surface area (Å²) in [5.74, 6) is -1.59. The molecule has 3 aromatic rings. The van der Waals surface area contributed by atoms with E-state index in [-0.39, 0.29) is 47.0 Å². The van der Waals surface area contributed by atoms with Crippen LogP contribution >= 0.6 is 0 Å². The Kier molecular flexibility index (Phi) is 8.59. The van der Waals surface area contributed by atoms with Gasteiger partial charge in [0.1, 0.15) is 6.04 Å². The number of amides is 1. The average molecular weight is 496 g/mol. The zero-order valence-electron chi connectivity index (χ0n) is 17.5. The predicted molar refractivity (Wildman–Crippen MR) is 116 cm³/mol. The molecule has 0 fully saturated rings. The molecule has 0 spiro atoms. The first-order valence-electron chi connectivity index (χ1n) is 9.53. The molecular formula is C20H21CoN8O4+. The number of nitrogens with zero attached hydrogens (tertiary/aromatic N) is 5. The number of nitrogens with one attached hydrogen (secondary N) is 1. The molecule has 2 heterocycles. The minimum atomic E-state index is -1.21. The molecule has 0 aliphatic rings. The zero-order chi connectivity index (χ0) is 23.3. The molecule has 2 aromatic heterocycles. The van der Waals surface area contributed by atoms with Gasteiger partial charge in [0.15, 0.2) is 17.0 Å². The fourth-order valence-corrected chi connectivity index (χ4v) is 2.96. The number of aromatic nitrogens is 4. The van der Waals surface area contributed by atoms with Gasteiger partial charge in [-0.1, -0.05) is 0 Å². The van der Waals surface area contributed by atoms with E-state index in [1.54, 1.807) is 36.7 Å². The summed E-state index contributed by atoms with van der Waals surface area (Å²) in [6.07, 6.45) is 3.08. The van der Waals surface area contributed by atoms with Crippen LogP contribution in [0.4, 0.5) is 17.5 Å². The number of hydrogen-bond donors (Lipinski definition) is 4. The number of benzene rings is 1. The number of anilines is 3. The molecule has 1 unspecified atom stereocenters. The summed E-state index contributed by atoms with van der Waals surface area (Å²) < 4.78 is 0. The SMILES string of the molecule is CN(Cc1cnc2nc(N)nc(N)c2n1)c1ccc(C(=O)NC(CC[C-]=O)C(=O)O)cc1.[Co+2]. The van der Waals surface area contributed by atoms with E-state index >= 15 is 0 Å². The molecule has 1 atom stereocenters. The van der Waals surface area contributed by atoms with Crippen molar-refractivity contribution in [2.75, 3.05) is 23.4 Å². The van der Waals surface area contributed by atoms with Crippen LogP contribution in [0.25, 0.3) is 11.2 Å². The largest absolute Gasteiger partial charge is 2.00 e. The summed E-state index contributed by atoms with van der Waals surface area (Å²) in [5.41, 5.74) is 13.8. The average Bonchev–Trinajstić information content (AvgIpc) is 2.76. The van der Waals surface area contributed by atoms with Crippen molar-refractivity contribution in [2.24, 2.45) is 0 Å². The Morgan fingerprint density at radius 2 is 1.88 bits per heavy atom. The first kappa shape index (κ1) is 25.4. The summed E-state index contributed by atoms with van der Waals surface area (Å²) in [6, 6.07) is 5.43. The van der Waals surface area contributed by atoms with E-state index in [9.17, 15) is 14.4 Å². The van der Waals surface area contributed by atoms with Crippen molar-refractivity contribution in [3.8, 4) is 0 Å². The number of carboxylic acids is 1. The van der Waals surface area contributed by atoms with Gasteiger partial charge in [0.05, 0.1) is 18.4 Å². The van der Waals surface area contributed by atoms with Gasteiger partial charge in [-0.25, -0.2) is 14.8 Å². The van der Waals surface area contributed by atoms with Gasteiger partial charge in [-0.3, -0.25) is 11.1 Å². The third-order valence-corrected chi connectivity index (χ3v) is 4.61.